The van der Waals surface area contributed by atoms with Crippen LogP contribution in [0.1, 0.15) is 6.42 Å². The maximum Gasteiger partial charge on any atom is 0.229 e. The fraction of sp³-hybridized carbons (Fsp3) is 0.333. The van der Waals surface area contributed by atoms with Gasteiger partial charge in [0.15, 0.2) is 18.0 Å². The molecule has 1 spiro atoms. The van der Waals surface area contributed by atoms with Gasteiger partial charge in [-0.3, -0.25) is 4.79 Å². The number of anilines is 1. The smallest absolute Gasteiger partial charge is 0.229 e. The highest BCUT2D eigenvalue weighted by molar-refractivity contribution is 7.92. The van der Waals surface area contributed by atoms with Crippen LogP contribution in [0, 0.1) is 11.3 Å². The lowest BCUT2D eigenvalue weighted by Gasteiger charge is -2.28. The predicted molar refractivity (Wildman–Crippen MR) is 114 cm³/mol. The zero-order valence-electron chi connectivity index (χ0n) is 16.6. The summed E-state index contributed by atoms with van der Waals surface area (Å²) >= 11 is 0.0510. The van der Waals surface area contributed by atoms with Crippen LogP contribution >= 0.6 is 12.3 Å². The molecule has 1 saturated carbocycles. The molecular formula is C21H21FN4O3S. The molecule has 0 radical (unpaired) electrons. The second-order valence-corrected chi connectivity index (χ2v) is 8.29. The fourth-order valence-corrected chi connectivity index (χ4v) is 4.63. The van der Waals surface area contributed by atoms with Crippen molar-refractivity contribution in [3.63, 3.8) is 0 Å². The van der Waals surface area contributed by atoms with Gasteiger partial charge in [-0.1, -0.05) is 6.07 Å². The van der Waals surface area contributed by atoms with E-state index in [0.29, 0.717) is 23.0 Å². The van der Waals surface area contributed by atoms with E-state index in [9.17, 15) is 8.68 Å². The van der Waals surface area contributed by atoms with Crippen LogP contribution in [0.15, 0.2) is 36.5 Å². The summed E-state index contributed by atoms with van der Waals surface area (Å²) in [7, 11) is 3.16. The summed E-state index contributed by atoms with van der Waals surface area (Å²) in [4.78, 5) is 17.1. The van der Waals surface area contributed by atoms with Crippen LogP contribution in [0.3, 0.4) is 0 Å². The molecule has 1 amide bonds. The summed E-state index contributed by atoms with van der Waals surface area (Å²) in [6.45, 7) is 1.78. The van der Waals surface area contributed by atoms with E-state index in [4.69, 9.17) is 9.47 Å². The number of ether oxygens (including phenoxy) is 2. The molecule has 1 unspecified atom stereocenters. The van der Waals surface area contributed by atoms with Gasteiger partial charge < -0.3 is 20.1 Å². The number of carbonyl (C=O) groups is 1. The number of amides is 1. The van der Waals surface area contributed by atoms with E-state index in [0.717, 1.165) is 36.0 Å². The van der Waals surface area contributed by atoms with Crippen LogP contribution in [-0.2, 0) is 4.79 Å². The topological polar surface area (TPSA) is 77.4 Å². The molecule has 9 heteroatoms. The highest BCUT2D eigenvalue weighted by Crippen LogP contribution is 2.55. The Labute approximate surface area is 177 Å². The Balaban J connectivity index is 1.53. The number of carbonyl (C=O) groups excluding carboxylic acids is 1. The minimum atomic E-state index is -0.0269. The highest BCUT2D eigenvalue weighted by atomic mass is 32.2. The van der Waals surface area contributed by atoms with Crippen LogP contribution < -0.4 is 20.1 Å². The van der Waals surface area contributed by atoms with E-state index in [2.05, 4.69) is 15.6 Å². The summed E-state index contributed by atoms with van der Waals surface area (Å²) in [5, 5.41) is 6.85. The molecule has 1 aliphatic carbocycles. The molecule has 30 heavy (non-hydrogen) atoms. The Morgan fingerprint density at radius 1 is 1.27 bits per heavy atom. The SMILES string of the molecule is COc1cccc(OC)c1-c1cn(SF)c2nc(NC(=O)C3CC34CNC4)ccc12. The molecule has 2 aliphatic rings. The lowest BCUT2D eigenvalue weighted by atomic mass is 9.96. The first kappa shape index (κ1) is 19.2. The summed E-state index contributed by atoms with van der Waals surface area (Å²) in [6, 6.07) is 9.06. The zero-order chi connectivity index (χ0) is 20.9. The average molecular weight is 428 g/mol. The van der Waals surface area contributed by atoms with Crippen molar-refractivity contribution >= 4 is 35.1 Å². The normalized spacial score (nSPS) is 18.8. The van der Waals surface area contributed by atoms with Gasteiger partial charge in [0.1, 0.15) is 17.3 Å². The summed E-state index contributed by atoms with van der Waals surface area (Å²) < 4.78 is 26.1. The largest absolute Gasteiger partial charge is 0.496 e. The van der Waals surface area contributed by atoms with E-state index in [1.807, 2.05) is 24.3 Å². The maximum absolute atomic E-state index is 13.7. The number of aromatic nitrogens is 2. The molecular weight excluding hydrogens is 407 g/mol. The molecule has 0 bridgehead atoms. The van der Waals surface area contributed by atoms with Crippen LogP contribution in [0.4, 0.5) is 9.70 Å². The first-order chi connectivity index (χ1) is 14.6. The van der Waals surface area contributed by atoms with Gasteiger partial charge in [0.2, 0.25) is 5.91 Å². The molecule has 1 atom stereocenters. The molecule has 3 aromatic rings. The Bertz CT molecular complexity index is 1120. The minimum Gasteiger partial charge on any atom is -0.496 e. The first-order valence-corrected chi connectivity index (χ1v) is 10.3. The molecule has 1 aromatic carbocycles. The molecule has 2 aromatic heterocycles. The van der Waals surface area contributed by atoms with Crippen molar-refractivity contribution in [3.8, 4) is 22.6 Å². The molecule has 3 heterocycles. The van der Waals surface area contributed by atoms with Crippen LogP contribution in [0.2, 0.25) is 0 Å². The zero-order valence-corrected chi connectivity index (χ0v) is 17.4. The fourth-order valence-electron chi connectivity index (χ4n) is 4.28. The van der Waals surface area contributed by atoms with Crippen molar-refractivity contribution in [3.05, 3.63) is 36.5 Å². The lowest BCUT2D eigenvalue weighted by molar-refractivity contribution is -0.118. The second kappa shape index (κ2) is 7.17. The van der Waals surface area contributed by atoms with Crippen molar-refractivity contribution in [1.29, 1.82) is 0 Å². The number of fused-ring (bicyclic) bond motifs is 1. The Morgan fingerprint density at radius 3 is 2.57 bits per heavy atom. The number of halogens is 1. The highest BCUT2D eigenvalue weighted by Gasteiger charge is 2.61. The van der Waals surface area contributed by atoms with Gasteiger partial charge in [-0.05, 0) is 30.7 Å². The summed E-state index contributed by atoms with van der Waals surface area (Å²) in [6.07, 6.45) is 2.56. The number of methoxy groups -OCH3 is 2. The number of nitrogens with one attached hydrogen (secondary N) is 2. The van der Waals surface area contributed by atoms with Crippen molar-refractivity contribution in [2.75, 3.05) is 32.6 Å². The van der Waals surface area contributed by atoms with Crippen LogP contribution in [0.5, 0.6) is 11.5 Å². The van der Waals surface area contributed by atoms with Gasteiger partial charge in [0.25, 0.3) is 0 Å². The van der Waals surface area contributed by atoms with Crippen LogP contribution in [-0.4, -0.2) is 42.2 Å². The van der Waals surface area contributed by atoms with Gasteiger partial charge in [0.05, 0.1) is 19.8 Å². The Kier molecular flexibility index (Phi) is 4.59. The van der Waals surface area contributed by atoms with E-state index < -0.39 is 0 Å². The van der Waals surface area contributed by atoms with E-state index in [1.165, 1.54) is 3.97 Å². The minimum absolute atomic E-state index is 0.0204. The quantitative estimate of drug-likeness (QED) is 0.624. The maximum atomic E-state index is 13.7. The molecule has 156 valence electrons. The van der Waals surface area contributed by atoms with Gasteiger partial charge in [0, 0.05) is 41.6 Å². The summed E-state index contributed by atoms with van der Waals surface area (Å²) in [5.41, 5.74) is 2.00. The number of benzene rings is 1. The van der Waals surface area contributed by atoms with E-state index in [-0.39, 0.29) is 29.6 Å². The first-order valence-electron chi connectivity index (χ1n) is 9.64. The number of pyridine rings is 1. The molecule has 2 N–H and O–H groups in total. The van der Waals surface area contributed by atoms with Crippen molar-refractivity contribution in [2.24, 2.45) is 11.3 Å². The Hall–Kier alpha value is -2.78. The standard InChI is InChI=1S/C21H21FN4O3S/c1-28-15-4-3-5-16(29-2)18(15)13-9-26(30-22)19-12(13)6-7-17(24-19)25-20(27)14-8-21(14)10-23-11-21/h3-7,9,14,23H,8,10-11H2,1-2H3,(H,24,25,27). The third-order valence-electron chi connectivity index (χ3n) is 6.10. The van der Waals surface area contributed by atoms with Crippen LogP contribution in [0.25, 0.3) is 22.2 Å². The van der Waals surface area contributed by atoms with Crippen molar-refractivity contribution in [1.82, 2.24) is 14.3 Å². The van der Waals surface area contributed by atoms with Gasteiger partial charge >= 0.3 is 0 Å². The monoisotopic (exact) mass is 428 g/mol. The van der Waals surface area contributed by atoms with Crippen molar-refractivity contribution < 1.29 is 18.2 Å². The second-order valence-electron chi connectivity index (χ2n) is 7.75. The predicted octanol–water partition coefficient (Wildman–Crippen LogP) is 3.65. The van der Waals surface area contributed by atoms with Gasteiger partial charge in [-0.25, -0.2) is 8.96 Å². The van der Waals surface area contributed by atoms with E-state index in [1.54, 1.807) is 26.5 Å². The third kappa shape index (κ3) is 2.92. The average Bonchev–Trinajstić information content (AvgIpc) is 3.43. The lowest BCUT2D eigenvalue weighted by Crippen LogP contribution is -2.46. The number of hydrogen-bond donors (Lipinski definition) is 2. The number of hydrogen-bond acceptors (Lipinski definition) is 6. The summed E-state index contributed by atoms with van der Waals surface area (Å²) in [5.74, 6) is 1.63. The molecule has 7 nitrogen and oxygen atoms in total. The molecule has 5 rings (SSSR count). The molecule has 1 aliphatic heterocycles. The Morgan fingerprint density at radius 2 is 2.00 bits per heavy atom. The molecule has 1 saturated heterocycles. The van der Waals surface area contributed by atoms with E-state index >= 15 is 0 Å². The van der Waals surface area contributed by atoms with Crippen molar-refractivity contribution in [2.45, 2.75) is 6.42 Å². The van der Waals surface area contributed by atoms with Gasteiger partial charge in [-0.15, -0.1) is 3.89 Å². The van der Waals surface area contributed by atoms with Gasteiger partial charge in [-0.2, -0.15) is 0 Å². The molecule has 2 fully saturated rings. The number of nitrogens with zero attached hydrogens (tertiary/aromatic N) is 2. The third-order valence-corrected chi connectivity index (χ3v) is 6.53. The number of rotatable bonds is 6.